The van der Waals surface area contributed by atoms with Crippen LogP contribution in [0.4, 0.5) is 5.69 Å². The zero-order valence-electron chi connectivity index (χ0n) is 11.6. The molecule has 0 amide bonds. The molecule has 0 bridgehead atoms. The number of fused-ring (bicyclic) bond motifs is 1. The predicted octanol–water partition coefficient (Wildman–Crippen LogP) is 5.00. The Morgan fingerprint density at radius 1 is 1.10 bits per heavy atom. The first-order chi connectivity index (χ1) is 10.1. The van der Waals surface area contributed by atoms with Crippen LogP contribution < -0.4 is 0 Å². The standard InChI is InChI=1S/C17H14BrNO2/c1-11-2-8-15-13(10-11)5-9-16(18)17(15)12-3-6-14(7-4-12)19(20)21/h2-4,6-8,10H,5,9H2,1H3. The molecule has 106 valence electrons. The molecular formula is C17H14BrNO2. The highest BCUT2D eigenvalue weighted by atomic mass is 79.9. The van der Waals surface area contributed by atoms with Crippen molar-refractivity contribution in [2.45, 2.75) is 19.8 Å². The third kappa shape index (κ3) is 2.63. The van der Waals surface area contributed by atoms with E-state index in [0.717, 1.165) is 28.5 Å². The van der Waals surface area contributed by atoms with Gasteiger partial charge in [-0.3, -0.25) is 10.1 Å². The largest absolute Gasteiger partial charge is 0.269 e. The van der Waals surface area contributed by atoms with Crippen molar-refractivity contribution in [3.8, 4) is 0 Å². The molecule has 0 saturated carbocycles. The minimum atomic E-state index is -0.370. The minimum Gasteiger partial charge on any atom is -0.258 e. The van der Waals surface area contributed by atoms with Crippen molar-refractivity contribution in [1.29, 1.82) is 0 Å². The van der Waals surface area contributed by atoms with Gasteiger partial charge in [-0.15, -0.1) is 0 Å². The summed E-state index contributed by atoms with van der Waals surface area (Å²) in [5.41, 5.74) is 6.09. The summed E-state index contributed by atoms with van der Waals surface area (Å²) in [6.07, 6.45) is 1.98. The maximum atomic E-state index is 10.8. The molecule has 0 saturated heterocycles. The van der Waals surface area contributed by atoms with Crippen LogP contribution >= 0.6 is 15.9 Å². The Kier molecular flexibility index (Phi) is 3.64. The van der Waals surface area contributed by atoms with Gasteiger partial charge in [0.1, 0.15) is 0 Å². The Balaban J connectivity index is 2.10. The fourth-order valence-electron chi connectivity index (χ4n) is 2.75. The van der Waals surface area contributed by atoms with Crippen molar-refractivity contribution in [2.75, 3.05) is 0 Å². The van der Waals surface area contributed by atoms with Crippen LogP contribution in [0.3, 0.4) is 0 Å². The zero-order chi connectivity index (χ0) is 15.0. The molecular weight excluding hydrogens is 330 g/mol. The smallest absolute Gasteiger partial charge is 0.258 e. The summed E-state index contributed by atoms with van der Waals surface area (Å²) in [7, 11) is 0. The Morgan fingerprint density at radius 3 is 2.48 bits per heavy atom. The highest BCUT2D eigenvalue weighted by Crippen LogP contribution is 2.39. The van der Waals surface area contributed by atoms with Crippen molar-refractivity contribution < 1.29 is 4.92 Å². The number of benzene rings is 2. The quantitative estimate of drug-likeness (QED) is 0.568. The number of hydrogen-bond acceptors (Lipinski definition) is 2. The van der Waals surface area contributed by atoms with Crippen molar-refractivity contribution in [3.05, 3.63) is 79.3 Å². The summed E-state index contributed by atoms with van der Waals surface area (Å²) < 4.78 is 1.16. The lowest BCUT2D eigenvalue weighted by Gasteiger charge is -2.21. The number of aryl methyl sites for hydroxylation is 2. The van der Waals surface area contributed by atoms with Gasteiger partial charge in [0, 0.05) is 16.6 Å². The van der Waals surface area contributed by atoms with Gasteiger partial charge in [0.2, 0.25) is 0 Å². The number of non-ortho nitro benzene ring substituents is 1. The first kappa shape index (κ1) is 14.0. The van der Waals surface area contributed by atoms with Crippen LogP contribution in [-0.4, -0.2) is 4.92 Å². The highest BCUT2D eigenvalue weighted by Gasteiger charge is 2.19. The third-order valence-electron chi connectivity index (χ3n) is 3.78. The van der Waals surface area contributed by atoms with Crippen LogP contribution in [0.5, 0.6) is 0 Å². The predicted molar refractivity (Wildman–Crippen MR) is 87.5 cm³/mol. The number of allylic oxidation sites excluding steroid dienone is 1. The molecule has 0 aromatic heterocycles. The molecule has 2 aromatic rings. The maximum absolute atomic E-state index is 10.8. The lowest BCUT2D eigenvalue weighted by Crippen LogP contribution is -2.04. The van der Waals surface area contributed by atoms with E-state index in [-0.39, 0.29) is 10.6 Å². The Morgan fingerprint density at radius 2 is 1.81 bits per heavy atom. The second-order valence-corrected chi connectivity index (χ2v) is 6.20. The van der Waals surface area contributed by atoms with Gasteiger partial charge in [-0.25, -0.2) is 0 Å². The molecule has 0 N–H and O–H groups in total. The van der Waals surface area contributed by atoms with E-state index in [9.17, 15) is 10.1 Å². The molecule has 0 fully saturated rings. The molecule has 0 aliphatic heterocycles. The SMILES string of the molecule is Cc1ccc2c(c1)CCC(Br)=C2c1ccc([N+](=O)[O-])cc1. The molecule has 1 aliphatic rings. The van der Waals surface area contributed by atoms with Crippen LogP contribution in [0, 0.1) is 17.0 Å². The van der Waals surface area contributed by atoms with Gasteiger partial charge in [-0.05, 0) is 54.2 Å². The highest BCUT2D eigenvalue weighted by molar-refractivity contribution is 9.11. The number of nitro benzene ring substituents is 1. The van der Waals surface area contributed by atoms with E-state index in [4.69, 9.17) is 0 Å². The number of nitrogens with zero attached hydrogens (tertiary/aromatic N) is 1. The topological polar surface area (TPSA) is 43.1 Å². The van der Waals surface area contributed by atoms with Crippen molar-refractivity contribution in [1.82, 2.24) is 0 Å². The molecule has 0 radical (unpaired) electrons. The molecule has 4 heteroatoms. The summed E-state index contributed by atoms with van der Waals surface area (Å²) in [6, 6.07) is 13.2. The molecule has 1 aliphatic carbocycles. The summed E-state index contributed by atoms with van der Waals surface area (Å²) in [5, 5.41) is 10.8. The van der Waals surface area contributed by atoms with E-state index in [1.54, 1.807) is 12.1 Å². The summed E-state index contributed by atoms with van der Waals surface area (Å²) in [5.74, 6) is 0. The number of hydrogen-bond donors (Lipinski definition) is 0. The average Bonchev–Trinajstić information content (AvgIpc) is 2.47. The Labute approximate surface area is 131 Å². The van der Waals surface area contributed by atoms with Gasteiger partial charge < -0.3 is 0 Å². The molecule has 3 nitrogen and oxygen atoms in total. The molecule has 0 atom stereocenters. The van der Waals surface area contributed by atoms with Gasteiger partial charge in [-0.2, -0.15) is 0 Å². The second-order valence-electron chi connectivity index (χ2n) is 5.24. The fourth-order valence-corrected chi connectivity index (χ4v) is 3.39. The van der Waals surface area contributed by atoms with Crippen LogP contribution in [-0.2, 0) is 6.42 Å². The zero-order valence-corrected chi connectivity index (χ0v) is 13.2. The van der Waals surface area contributed by atoms with E-state index in [1.807, 2.05) is 12.1 Å². The molecule has 0 spiro atoms. The molecule has 2 aromatic carbocycles. The molecule has 21 heavy (non-hydrogen) atoms. The molecule has 0 unspecified atom stereocenters. The number of rotatable bonds is 2. The van der Waals surface area contributed by atoms with Crippen LogP contribution in [0.15, 0.2) is 46.9 Å². The Bertz CT molecular complexity index is 748. The lowest BCUT2D eigenvalue weighted by molar-refractivity contribution is -0.384. The average molecular weight is 344 g/mol. The summed E-state index contributed by atoms with van der Waals surface area (Å²) in [6.45, 7) is 2.10. The van der Waals surface area contributed by atoms with Gasteiger partial charge in [0.05, 0.1) is 4.92 Å². The van der Waals surface area contributed by atoms with Crippen LogP contribution in [0.2, 0.25) is 0 Å². The van der Waals surface area contributed by atoms with Gasteiger partial charge in [0.25, 0.3) is 5.69 Å². The van der Waals surface area contributed by atoms with E-state index in [0.29, 0.717) is 0 Å². The lowest BCUT2D eigenvalue weighted by atomic mass is 9.86. The van der Waals surface area contributed by atoms with Crippen LogP contribution in [0.1, 0.15) is 28.7 Å². The maximum Gasteiger partial charge on any atom is 0.269 e. The number of halogens is 1. The first-order valence-corrected chi connectivity index (χ1v) is 7.59. The summed E-state index contributed by atoms with van der Waals surface area (Å²) in [4.78, 5) is 10.4. The molecule has 3 rings (SSSR count). The molecule has 0 heterocycles. The van der Waals surface area contributed by atoms with Gasteiger partial charge in [-0.1, -0.05) is 39.7 Å². The van der Waals surface area contributed by atoms with Crippen LogP contribution in [0.25, 0.3) is 5.57 Å². The van der Waals surface area contributed by atoms with E-state index >= 15 is 0 Å². The monoisotopic (exact) mass is 343 g/mol. The van der Waals surface area contributed by atoms with E-state index in [2.05, 4.69) is 41.1 Å². The summed E-state index contributed by atoms with van der Waals surface area (Å²) >= 11 is 3.67. The number of nitro groups is 1. The van der Waals surface area contributed by atoms with Gasteiger partial charge >= 0.3 is 0 Å². The Hall–Kier alpha value is -1.94. The van der Waals surface area contributed by atoms with E-state index < -0.39 is 0 Å². The normalized spacial score (nSPS) is 14.0. The van der Waals surface area contributed by atoms with Crippen molar-refractivity contribution in [2.24, 2.45) is 0 Å². The third-order valence-corrected chi connectivity index (χ3v) is 4.57. The van der Waals surface area contributed by atoms with E-state index in [1.165, 1.54) is 16.7 Å². The van der Waals surface area contributed by atoms with Crippen molar-refractivity contribution >= 4 is 27.2 Å². The first-order valence-electron chi connectivity index (χ1n) is 6.79. The second kappa shape index (κ2) is 5.45. The van der Waals surface area contributed by atoms with Gasteiger partial charge in [0.15, 0.2) is 0 Å². The minimum absolute atomic E-state index is 0.121. The van der Waals surface area contributed by atoms with Crippen molar-refractivity contribution in [3.63, 3.8) is 0 Å². The fraction of sp³-hybridized carbons (Fsp3) is 0.176.